The Morgan fingerprint density at radius 1 is 1.35 bits per heavy atom. The normalized spacial score (nSPS) is 11.1. The molecule has 3 aromatic rings. The quantitative estimate of drug-likeness (QED) is 0.761. The van der Waals surface area contributed by atoms with Crippen molar-refractivity contribution in [1.29, 1.82) is 0 Å². The van der Waals surface area contributed by atoms with Crippen LogP contribution in [0.5, 0.6) is 0 Å². The average molecular weight is 303 g/mol. The van der Waals surface area contributed by atoms with E-state index >= 15 is 0 Å². The SMILES string of the molecule is CCCc1nc(C(=O)O)c(-c2csc3ccccc23)s1. The van der Waals surface area contributed by atoms with Crippen LogP contribution in [0.3, 0.4) is 0 Å². The number of benzene rings is 1. The van der Waals surface area contributed by atoms with Gasteiger partial charge in [-0.25, -0.2) is 9.78 Å². The first-order chi connectivity index (χ1) is 9.70. The zero-order valence-electron chi connectivity index (χ0n) is 10.9. The third-order valence-electron chi connectivity index (χ3n) is 3.06. The molecule has 0 bridgehead atoms. The summed E-state index contributed by atoms with van der Waals surface area (Å²) >= 11 is 3.14. The van der Waals surface area contributed by atoms with Crippen LogP contribution in [0.2, 0.25) is 0 Å². The number of fused-ring (bicyclic) bond motifs is 1. The minimum Gasteiger partial charge on any atom is -0.476 e. The molecule has 3 nitrogen and oxygen atoms in total. The number of thiazole rings is 1. The topological polar surface area (TPSA) is 50.2 Å². The van der Waals surface area contributed by atoms with Gasteiger partial charge >= 0.3 is 5.97 Å². The van der Waals surface area contributed by atoms with E-state index in [1.54, 1.807) is 11.3 Å². The van der Waals surface area contributed by atoms with Gasteiger partial charge < -0.3 is 5.11 Å². The van der Waals surface area contributed by atoms with Gasteiger partial charge in [0.05, 0.1) is 9.88 Å². The molecule has 0 fully saturated rings. The summed E-state index contributed by atoms with van der Waals surface area (Å²) in [5.74, 6) is -0.950. The number of aryl methyl sites for hydroxylation is 1. The highest BCUT2D eigenvalue weighted by molar-refractivity contribution is 7.19. The molecule has 1 aromatic carbocycles. The number of carbonyl (C=O) groups is 1. The second kappa shape index (κ2) is 5.34. The van der Waals surface area contributed by atoms with Crippen LogP contribution in [0.25, 0.3) is 20.5 Å². The molecule has 5 heteroatoms. The van der Waals surface area contributed by atoms with Crippen LogP contribution in [0.15, 0.2) is 29.6 Å². The molecule has 0 saturated heterocycles. The molecular formula is C15H13NO2S2. The standard InChI is InChI=1S/C15H13NO2S2/c1-2-5-12-16-13(15(17)18)14(20-12)10-8-19-11-7-4-3-6-9(10)11/h3-4,6-8H,2,5H2,1H3,(H,17,18). The lowest BCUT2D eigenvalue weighted by Gasteiger charge is -1.97. The van der Waals surface area contributed by atoms with Gasteiger partial charge in [-0.2, -0.15) is 0 Å². The number of rotatable bonds is 4. The zero-order chi connectivity index (χ0) is 14.1. The Morgan fingerprint density at radius 3 is 2.90 bits per heavy atom. The average Bonchev–Trinajstić information content (AvgIpc) is 3.02. The van der Waals surface area contributed by atoms with Crippen LogP contribution in [0.1, 0.15) is 28.8 Å². The van der Waals surface area contributed by atoms with Gasteiger partial charge in [0, 0.05) is 21.0 Å². The molecular weight excluding hydrogens is 290 g/mol. The fourth-order valence-corrected chi connectivity index (χ4v) is 4.38. The van der Waals surface area contributed by atoms with Crippen molar-refractivity contribution >= 4 is 38.7 Å². The Balaban J connectivity index is 2.20. The molecule has 20 heavy (non-hydrogen) atoms. The second-order valence-electron chi connectivity index (χ2n) is 4.49. The molecule has 3 rings (SSSR count). The summed E-state index contributed by atoms with van der Waals surface area (Å²) in [6, 6.07) is 8.06. The van der Waals surface area contributed by atoms with Crippen molar-refractivity contribution in [1.82, 2.24) is 4.98 Å². The summed E-state index contributed by atoms with van der Waals surface area (Å²) < 4.78 is 1.17. The van der Waals surface area contributed by atoms with Gasteiger partial charge in [-0.1, -0.05) is 25.1 Å². The van der Waals surface area contributed by atoms with Gasteiger partial charge in [-0.05, 0) is 18.9 Å². The fraction of sp³-hybridized carbons (Fsp3) is 0.200. The number of carboxylic acids is 1. The van der Waals surface area contributed by atoms with Gasteiger partial charge in [0.1, 0.15) is 0 Å². The first-order valence-electron chi connectivity index (χ1n) is 6.40. The summed E-state index contributed by atoms with van der Waals surface area (Å²) in [6.07, 6.45) is 1.80. The van der Waals surface area contributed by atoms with E-state index in [1.807, 2.05) is 23.6 Å². The molecule has 2 aromatic heterocycles. The molecule has 0 radical (unpaired) electrons. The monoisotopic (exact) mass is 303 g/mol. The van der Waals surface area contributed by atoms with Crippen molar-refractivity contribution in [3.05, 3.63) is 40.3 Å². The molecule has 0 aliphatic heterocycles. The Morgan fingerprint density at radius 2 is 2.15 bits per heavy atom. The highest BCUT2D eigenvalue weighted by Gasteiger charge is 2.20. The van der Waals surface area contributed by atoms with E-state index in [0.717, 1.165) is 33.7 Å². The van der Waals surface area contributed by atoms with Crippen molar-refractivity contribution in [3.63, 3.8) is 0 Å². The first kappa shape index (κ1) is 13.3. The third-order valence-corrected chi connectivity index (χ3v) is 5.18. The summed E-state index contributed by atoms with van der Waals surface area (Å²) in [4.78, 5) is 16.5. The second-order valence-corrected chi connectivity index (χ2v) is 6.48. The van der Waals surface area contributed by atoms with E-state index in [2.05, 4.69) is 18.0 Å². The molecule has 2 heterocycles. The lowest BCUT2D eigenvalue weighted by Crippen LogP contribution is -1.99. The highest BCUT2D eigenvalue weighted by Crippen LogP contribution is 2.39. The Hall–Kier alpha value is -1.72. The van der Waals surface area contributed by atoms with Crippen molar-refractivity contribution in [2.75, 3.05) is 0 Å². The molecule has 0 aliphatic carbocycles. The van der Waals surface area contributed by atoms with Crippen LogP contribution in [0, 0.1) is 0 Å². The van der Waals surface area contributed by atoms with E-state index < -0.39 is 5.97 Å². The van der Waals surface area contributed by atoms with E-state index in [-0.39, 0.29) is 5.69 Å². The van der Waals surface area contributed by atoms with E-state index in [1.165, 1.54) is 16.0 Å². The molecule has 0 aliphatic rings. The number of hydrogen-bond acceptors (Lipinski definition) is 4. The lowest BCUT2D eigenvalue weighted by molar-refractivity contribution is 0.0692. The van der Waals surface area contributed by atoms with E-state index in [0.29, 0.717) is 0 Å². The van der Waals surface area contributed by atoms with Crippen molar-refractivity contribution in [3.8, 4) is 10.4 Å². The molecule has 102 valence electrons. The van der Waals surface area contributed by atoms with Crippen molar-refractivity contribution < 1.29 is 9.90 Å². The molecule has 0 amide bonds. The zero-order valence-corrected chi connectivity index (χ0v) is 12.6. The smallest absolute Gasteiger partial charge is 0.356 e. The highest BCUT2D eigenvalue weighted by atomic mass is 32.1. The number of aromatic carboxylic acids is 1. The summed E-state index contributed by atoms with van der Waals surface area (Å²) in [6.45, 7) is 2.07. The Bertz CT molecular complexity index is 773. The summed E-state index contributed by atoms with van der Waals surface area (Å²) in [5.41, 5.74) is 1.17. The number of aromatic nitrogens is 1. The lowest BCUT2D eigenvalue weighted by atomic mass is 10.1. The summed E-state index contributed by atoms with van der Waals surface area (Å²) in [5, 5.41) is 13.4. The molecule has 0 unspecified atom stereocenters. The van der Waals surface area contributed by atoms with Gasteiger partial charge in [0.25, 0.3) is 0 Å². The van der Waals surface area contributed by atoms with Crippen LogP contribution < -0.4 is 0 Å². The molecule has 0 saturated carbocycles. The molecule has 0 atom stereocenters. The Labute approximate surface area is 124 Å². The summed E-state index contributed by atoms with van der Waals surface area (Å²) in [7, 11) is 0. The van der Waals surface area contributed by atoms with Crippen LogP contribution >= 0.6 is 22.7 Å². The van der Waals surface area contributed by atoms with Gasteiger partial charge in [-0.3, -0.25) is 0 Å². The number of carboxylic acid groups (broad SMARTS) is 1. The van der Waals surface area contributed by atoms with Crippen molar-refractivity contribution in [2.45, 2.75) is 19.8 Å². The minimum absolute atomic E-state index is 0.182. The first-order valence-corrected chi connectivity index (χ1v) is 8.10. The van der Waals surface area contributed by atoms with E-state index in [4.69, 9.17) is 0 Å². The van der Waals surface area contributed by atoms with Gasteiger partial charge in [0.15, 0.2) is 5.69 Å². The third kappa shape index (κ3) is 2.23. The van der Waals surface area contributed by atoms with Gasteiger partial charge in [0.2, 0.25) is 0 Å². The predicted molar refractivity (Wildman–Crippen MR) is 83.9 cm³/mol. The van der Waals surface area contributed by atoms with E-state index in [9.17, 15) is 9.90 Å². The predicted octanol–water partition coefficient (Wildman–Crippen LogP) is 4.68. The maximum Gasteiger partial charge on any atom is 0.356 e. The maximum atomic E-state index is 11.4. The Kier molecular flexibility index (Phi) is 3.54. The van der Waals surface area contributed by atoms with Crippen molar-refractivity contribution in [2.24, 2.45) is 0 Å². The minimum atomic E-state index is -0.950. The number of thiophene rings is 1. The van der Waals surface area contributed by atoms with Crippen LogP contribution in [-0.2, 0) is 6.42 Å². The van der Waals surface area contributed by atoms with Crippen LogP contribution in [0.4, 0.5) is 0 Å². The van der Waals surface area contributed by atoms with Crippen LogP contribution in [-0.4, -0.2) is 16.1 Å². The number of nitrogens with zero attached hydrogens (tertiary/aromatic N) is 1. The van der Waals surface area contributed by atoms with Gasteiger partial charge in [-0.15, -0.1) is 22.7 Å². The molecule has 1 N–H and O–H groups in total. The maximum absolute atomic E-state index is 11.4. The number of hydrogen-bond donors (Lipinski definition) is 1. The molecule has 0 spiro atoms. The fourth-order valence-electron chi connectivity index (χ4n) is 2.17. The largest absolute Gasteiger partial charge is 0.476 e.